The number of rotatable bonds is 25. The molecule has 31 heavy (non-hydrogen) atoms. The zero-order chi connectivity index (χ0) is 22.1. The molecule has 0 rings (SSSR count). The van der Waals surface area contributed by atoms with Crippen LogP contribution in [0.2, 0.25) is 0 Å². The van der Waals surface area contributed by atoms with Crippen LogP contribution in [-0.4, -0.2) is 24.5 Å². The van der Waals surface area contributed by atoms with E-state index in [-0.39, 0.29) is 12.4 Å². The lowest BCUT2D eigenvalue weighted by Gasteiger charge is -2.23. The highest BCUT2D eigenvalue weighted by Gasteiger charge is 2.06. The summed E-state index contributed by atoms with van der Waals surface area (Å²) in [4.78, 5) is 2.66. The Bertz CT molecular complexity index is 307. The SMILES string of the molecule is CCCCCCCCCCCCCCCCCCCCCCN(CC)CC(C)CC.Cl. The normalized spacial score (nSPS) is 12.3. The third-order valence-corrected chi connectivity index (χ3v) is 7.04. The lowest BCUT2D eigenvalue weighted by atomic mass is 10.0. The Kier molecular flexibility index (Phi) is 30.5. The van der Waals surface area contributed by atoms with Gasteiger partial charge in [-0.3, -0.25) is 0 Å². The molecule has 0 aliphatic heterocycles. The van der Waals surface area contributed by atoms with Gasteiger partial charge in [0.15, 0.2) is 0 Å². The molecule has 0 saturated heterocycles. The van der Waals surface area contributed by atoms with Crippen molar-refractivity contribution in [3.63, 3.8) is 0 Å². The molecule has 0 bridgehead atoms. The largest absolute Gasteiger partial charge is 0.303 e. The molecule has 0 aromatic rings. The molecule has 0 heterocycles. The standard InChI is InChI=1S/C29H61N.ClH/c1-5-8-9-10-11-12-13-14-15-16-17-18-19-20-21-22-23-24-25-26-27-30(7-3)28-29(4)6-2;/h29H,5-28H2,1-4H3;1H. The second-order valence-corrected chi connectivity index (χ2v) is 10.1. The first kappa shape index (κ1) is 33.4. The first-order valence-corrected chi connectivity index (χ1v) is 14.5. The zero-order valence-corrected chi connectivity index (χ0v) is 23.2. The summed E-state index contributed by atoms with van der Waals surface area (Å²) in [5.74, 6) is 0.857. The van der Waals surface area contributed by atoms with Crippen molar-refractivity contribution in [1.82, 2.24) is 4.90 Å². The summed E-state index contributed by atoms with van der Waals surface area (Å²) in [6, 6.07) is 0. The van der Waals surface area contributed by atoms with Gasteiger partial charge in [-0.2, -0.15) is 0 Å². The first-order valence-electron chi connectivity index (χ1n) is 14.5. The molecule has 0 radical (unpaired) electrons. The molecular formula is C29H62ClN. The number of hydrogen-bond donors (Lipinski definition) is 0. The molecule has 0 aliphatic carbocycles. The van der Waals surface area contributed by atoms with Crippen LogP contribution in [-0.2, 0) is 0 Å². The van der Waals surface area contributed by atoms with Crippen LogP contribution < -0.4 is 0 Å². The summed E-state index contributed by atoms with van der Waals surface area (Å²) in [6.07, 6.45) is 30.7. The Morgan fingerprint density at radius 2 is 0.806 bits per heavy atom. The summed E-state index contributed by atoms with van der Waals surface area (Å²) in [6.45, 7) is 13.2. The van der Waals surface area contributed by atoms with E-state index >= 15 is 0 Å². The minimum atomic E-state index is 0. The average molecular weight is 460 g/mol. The lowest BCUT2D eigenvalue weighted by Crippen LogP contribution is -2.29. The third-order valence-electron chi connectivity index (χ3n) is 7.04. The van der Waals surface area contributed by atoms with Crippen LogP contribution in [0.1, 0.15) is 163 Å². The maximum atomic E-state index is 2.66. The van der Waals surface area contributed by atoms with Gasteiger partial charge in [0.1, 0.15) is 0 Å². The van der Waals surface area contributed by atoms with Gasteiger partial charge in [-0.05, 0) is 25.4 Å². The van der Waals surface area contributed by atoms with E-state index in [4.69, 9.17) is 0 Å². The number of nitrogens with zero attached hydrogens (tertiary/aromatic N) is 1. The van der Waals surface area contributed by atoms with Gasteiger partial charge >= 0.3 is 0 Å². The van der Waals surface area contributed by atoms with Crippen molar-refractivity contribution in [2.24, 2.45) is 5.92 Å². The Hall–Kier alpha value is 0.250. The molecule has 190 valence electrons. The predicted molar refractivity (Wildman–Crippen MR) is 147 cm³/mol. The van der Waals surface area contributed by atoms with Crippen LogP contribution in [0.15, 0.2) is 0 Å². The molecule has 0 fully saturated rings. The quantitative estimate of drug-likeness (QED) is 0.123. The van der Waals surface area contributed by atoms with E-state index < -0.39 is 0 Å². The molecule has 0 aliphatic rings. The smallest absolute Gasteiger partial charge is 0.000680 e. The molecule has 0 aromatic carbocycles. The van der Waals surface area contributed by atoms with Crippen LogP contribution in [0, 0.1) is 5.92 Å². The predicted octanol–water partition coefficient (Wildman–Crippen LogP) is 10.6. The highest BCUT2D eigenvalue weighted by molar-refractivity contribution is 5.85. The average Bonchev–Trinajstić information content (AvgIpc) is 2.76. The fourth-order valence-electron chi connectivity index (χ4n) is 4.54. The van der Waals surface area contributed by atoms with E-state index in [1.54, 1.807) is 0 Å². The third kappa shape index (κ3) is 26.4. The van der Waals surface area contributed by atoms with Gasteiger partial charge in [0.05, 0.1) is 0 Å². The Morgan fingerprint density at radius 3 is 1.10 bits per heavy atom. The van der Waals surface area contributed by atoms with Crippen molar-refractivity contribution >= 4 is 12.4 Å². The summed E-state index contributed by atoms with van der Waals surface area (Å²) in [5.41, 5.74) is 0. The fourth-order valence-corrected chi connectivity index (χ4v) is 4.54. The molecule has 1 atom stereocenters. The Balaban J connectivity index is 0. The van der Waals surface area contributed by atoms with E-state index in [0.29, 0.717) is 0 Å². The van der Waals surface area contributed by atoms with Crippen LogP contribution in [0.3, 0.4) is 0 Å². The van der Waals surface area contributed by atoms with E-state index in [1.807, 2.05) is 0 Å². The maximum Gasteiger partial charge on any atom is 0.000680 e. The first-order chi connectivity index (χ1) is 14.7. The molecule has 1 unspecified atom stereocenters. The molecule has 0 spiro atoms. The van der Waals surface area contributed by atoms with Gasteiger partial charge in [0.25, 0.3) is 0 Å². The Labute approximate surface area is 205 Å². The van der Waals surface area contributed by atoms with Crippen molar-refractivity contribution in [2.75, 3.05) is 19.6 Å². The molecule has 1 nitrogen and oxygen atoms in total. The van der Waals surface area contributed by atoms with Crippen molar-refractivity contribution in [1.29, 1.82) is 0 Å². The second kappa shape index (κ2) is 28.3. The van der Waals surface area contributed by atoms with Gasteiger partial charge in [-0.25, -0.2) is 0 Å². The van der Waals surface area contributed by atoms with Crippen LogP contribution >= 0.6 is 12.4 Å². The van der Waals surface area contributed by atoms with Gasteiger partial charge < -0.3 is 4.90 Å². The second-order valence-electron chi connectivity index (χ2n) is 10.1. The highest BCUT2D eigenvalue weighted by Crippen LogP contribution is 2.15. The topological polar surface area (TPSA) is 3.24 Å². The van der Waals surface area contributed by atoms with Gasteiger partial charge in [-0.1, -0.05) is 156 Å². The van der Waals surface area contributed by atoms with E-state index in [2.05, 4.69) is 32.6 Å². The van der Waals surface area contributed by atoms with Crippen LogP contribution in [0.5, 0.6) is 0 Å². The summed E-state index contributed by atoms with van der Waals surface area (Å²) < 4.78 is 0. The molecule has 2 heteroatoms. The summed E-state index contributed by atoms with van der Waals surface area (Å²) >= 11 is 0. The zero-order valence-electron chi connectivity index (χ0n) is 22.4. The number of halogens is 1. The van der Waals surface area contributed by atoms with Gasteiger partial charge in [0, 0.05) is 6.54 Å². The van der Waals surface area contributed by atoms with Crippen molar-refractivity contribution in [2.45, 2.75) is 163 Å². The Morgan fingerprint density at radius 1 is 0.484 bits per heavy atom. The van der Waals surface area contributed by atoms with Crippen molar-refractivity contribution < 1.29 is 0 Å². The van der Waals surface area contributed by atoms with E-state index in [0.717, 1.165) is 5.92 Å². The van der Waals surface area contributed by atoms with Crippen molar-refractivity contribution in [3.05, 3.63) is 0 Å². The monoisotopic (exact) mass is 459 g/mol. The summed E-state index contributed by atoms with van der Waals surface area (Å²) in [5, 5.41) is 0. The van der Waals surface area contributed by atoms with Crippen LogP contribution in [0.4, 0.5) is 0 Å². The van der Waals surface area contributed by atoms with Gasteiger partial charge in [-0.15, -0.1) is 12.4 Å². The maximum absolute atomic E-state index is 2.66. The molecule has 0 saturated carbocycles. The molecule has 0 N–H and O–H groups in total. The van der Waals surface area contributed by atoms with Gasteiger partial charge in [0.2, 0.25) is 0 Å². The minimum absolute atomic E-state index is 0. The summed E-state index contributed by atoms with van der Waals surface area (Å²) in [7, 11) is 0. The minimum Gasteiger partial charge on any atom is -0.303 e. The van der Waals surface area contributed by atoms with E-state index in [9.17, 15) is 0 Å². The lowest BCUT2D eigenvalue weighted by molar-refractivity contribution is 0.240. The molecule has 0 aromatic heterocycles. The highest BCUT2D eigenvalue weighted by atomic mass is 35.5. The fraction of sp³-hybridized carbons (Fsp3) is 1.00. The number of hydrogen-bond acceptors (Lipinski definition) is 1. The van der Waals surface area contributed by atoms with E-state index in [1.165, 1.54) is 154 Å². The van der Waals surface area contributed by atoms with Crippen LogP contribution in [0.25, 0.3) is 0 Å². The number of unbranched alkanes of at least 4 members (excludes halogenated alkanes) is 19. The van der Waals surface area contributed by atoms with Crippen molar-refractivity contribution in [3.8, 4) is 0 Å². The molecule has 0 amide bonds. The molecular weight excluding hydrogens is 398 g/mol.